The first-order valence-electron chi connectivity index (χ1n) is 15.3. The Kier molecular flexibility index (Phi) is 6.91. The molecule has 10 nitrogen and oxygen atoms in total. The van der Waals surface area contributed by atoms with E-state index in [-0.39, 0.29) is 65.0 Å². The predicted octanol–water partition coefficient (Wildman–Crippen LogP) is 5.36. The Balaban J connectivity index is 1.63. The molecule has 3 aromatic heterocycles. The quantitative estimate of drug-likeness (QED) is 0.259. The second kappa shape index (κ2) is 10.7. The van der Waals surface area contributed by atoms with Gasteiger partial charge in [0.25, 0.3) is 0 Å². The number of aromatic nitrogens is 5. The van der Waals surface area contributed by atoms with Crippen molar-refractivity contribution in [1.82, 2.24) is 29.6 Å². The number of hydrogen-bond donors (Lipinski definition) is 2. The number of H-pyrrole nitrogens is 1. The van der Waals surface area contributed by atoms with Gasteiger partial charge in [-0.2, -0.15) is 10.1 Å². The Morgan fingerprint density at radius 1 is 1.11 bits per heavy atom. The van der Waals surface area contributed by atoms with Crippen LogP contribution in [0.5, 0.6) is 0 Å². The number of piperazine rings is 1. The Morgan fingerprint density at radius 2 is 1.89 bits per heavy atom. The van der Waals surface area contributed by atoms with Crippen LogP contribution >= 0.6 is 0 Å². The highest BCUT2D eigenvalue weighted by Crippen LogP contribution is 2.46. The number of anilines is 2. The minimum atomic E-state index is -0.888. The molecule has 236 valence electrons. The van der Waals surface area contributed by atoms with Crippen LogP contribution in [0, 0.1) is 25.5 Å². The molecule has 0 aliphatic carbocycles. The Labute approximate surface area is 263 Å². The summed E-state index contributed by atoms with van der Waals surface area (Å²) in [5, 5.41) is 11.0. The SMILES string of the molecule is C=CC(=O)N1CC2CNc3c(F)c(-c4c(C)ccc5[nH]ncc45)c(F)c4c3c(nc(=O)n4-c3c(C)ccnc3C(C)C)N2CC1C. The molecule has 0 spiro atoms. The number of halogens is 2. The summed E-state index contributed by atoms with van der Waals surface area (Å²) in [7, 11) is 0. The van der Waals surface area contributed by atoms with Crippen molar-refractivity contribution in [2.24, 2.45) is 0 Å². The molecular weight excluding hydrogens is 590 g/mol. The van der Waals surface area contributed by atoms with Gasteiger partial charge < -0.3 is 15.1 Å². The van der Waals surface area contributed by atoms with Crippen LogP contribution in [-0.2, 0) is 4.79 Å². The van der Waals surface area contributed by atoms with E-state index in [1.165, 1.54) is 10.6 Å². The zero-order valence-electron chi connectivity index (χ0n) is 26.3. The third-order valence-electron chi connectivity index (χ3n) is 9.29. The molecule has 5 heterocycles. The number of nitrogens with zero attached hydrogens (tertiary/aromatic N) is 6. The summed E-state index contributed by atoms with van der Waals surface area (Å²) in [5.74, 6) is -1.85. The Hall–Kier alpha value is -5.13. The van der Waals surface area contributed by atoms with Gasteiger partial charge in [-0.05, 0) is 56.0 Å². The number of fused-ring (bicyclic) bond motifs is 3. The highest BCUT2D eigenvalue weighted by molar-refractivity contribution is 6.07. The summed E-state index contributed by atoms with van der Waals surface area (Å²) in [6.07, 6.45) is 4.47. The van der Waals surface area contributed by atoms with E-state index in [9.17, 15) is 9.59 Å². The van der Waals surface area contributed by atoms with Gasteiger partial charge in [-0.25, -0.2) is 13.6 Å². The summed E-state index contributed by atoms with van der Waals surface area (Å²) >= 11 is 0. The fraction of sp³-hybridized carbons (Fsp3) is 0.324. The molecule has 1 saturated heterocycles. The van der Waals surface area contributed by atoms with Gasteiger partial charge in [-0.1, -0.05) is 26.5 Å². The maximum absolute atomic E-state index is 17.6. The monoisotopic (exact) mass is 624 g/mol. The number of nitrogens with one attached hydrogen (secondary N) is 2. The van der Waals surface area contributed by atoms with Gasteiger partial charge in [0.2, 0.25) is 5.91 Å². The number of hydrogen-bond acceptors (Lipinski definition) is 7. The van der Waals surface area contributed by atoms with E-state index in [4.69, 9.17) is 0 Å². The van der Waals surface area contributed by atoms with E-state index in [1.54, 1.807) is 36.4 Å². The summed E-state index contributed by atoms with van der Waals surface area (Å²) in [4.78, 5) is 39.8. The van der Waals surface area contributed by atoms with Crippen molar-refractivity contribution in [3.05, 3.63) is 82.2 Å². The van der Waals surface area contributed by atoms with Crippen LogP contribution in [0.4, 0.5) is 20.3 Å². The fourth-order valence-corrected chi connectivity index (χ4v) is 7.06. The van der Waals surface area contributed by atoms with Gasteiger partial charge in [-0.15, -0.1) is 0 Å². The fourth-order valence-electron chi connectivity index (χ4n) is 7.06. The van der Waals surface area contributed by atoms with Crippen molar-refractivity contribution in [1.29, 1.82) is 0 Å². The maximum Gasteiger partial charge on any atom is 0.354 e. The lowest BCUT2D eigenvalue weighted by Crippen LogP contribution is -2.60. The molecule has 46 heavy (non-hydrogen) atoms. The van der Waals surface area contributed by atoms with Crippen LogP contribution in [-0.4, -0.2) is 67.3 Å². The number of benzene rings is 2. The molecule has 1 amide bonds. The first-order valence-corrected chi connectivity index (χ1v) is 15.3. The van der Waals surface area contributed by atoms with Crippen LogP contribution in [0.3, 0.4) is 0 Å². The minimum Gasteiger partial charge on any atom is -0.380 e. The summed E-state index contributed by atoms with van der Waals surface area (Å²) < 4.78 is 36.0. The van der Waals surface area contributed by atoms with Crippen molar-refractivity contribution in [2.45, 2.75) is 52.6 Å². The van der Waals surface area contributed by atoms with Gasteiger partial charge in [0.1, 0.15) is 11.3 Å². The number of carbonyl (C=O) groups is 1. The number of pyridine rings is 1. The third kappa shape index (κ3) is 4.22. The number of aromatic amines is 1. The first-order chi connectivity index (χ1) is 22.0. The standard InChI is InChI=1S/C34H34F2N8O2/c1-7-23(45)42-15-20-12-38-30-26-32(28(36)25(27(30)35)24-17(4)8-9-22-21(24)13-39-41-22)44(31-18(5)10-11-37-29(31)16(2)3)34(46)40-33(26)43(20)14-19(42)6/h7-11,13,16,19-20,38H,1,12,14-15H2,2-6H3,(H,39,41). The number of amides is 1. The van der Waals surface area contributed by atoms with E-state index in [0.29, 0.717) is 45.5 Å². The van der Waals surface area contributed by atoms with E-state index in [0.717, 1.165) is 0 Å². The van der Waals surface area contributed by atoms with Gasteiger partial charge >= 0.3 is 5.69 Å². The van der Waals surface area contributed by atoms with Crippen molar-refractivity contribution in [3.8, 4) is 16.8 Å². The average Bonchev–Trinajstić information content (AvgIpc) is 3.45. The molecule has 2 N–H and O–H groups in total. The van der Waals surface area contributed by atoms with Crippen LogP contribution in [0.1, 0.15) is 43.5 Å². The van der Waals surface area contributed by atoms with Gasteiger partial charge in [0, 0.05) is 42.8 Å². The average molecular weight is 625 g/mol. The summed E-state index contributed by atoms with van der Waals surface area (Å²) in [5.41, 5.74) is 2.26. The molecule has 2 unspecified atom stereocenters. The van der Waals surface area contributed by atoms with Crippen molar-refractivity contribution >= 4 is 39.2 Å². The molecular formula is C34H34F2N8O2. The molecule has 12 heteroatoms. The largest absolute Gasteiger partial charge is 0.380 e. The van der Waals surface area contributed by atoms with Gasteiger partial charge in [-0.3, -0.25) is 19.4 Å². The molecule has 5 aromatic rings. The number of carbonyl (C=O) groups excluding carboxylic acids is 1. The second-order valence-corrected chi connectivity index (χ2v) is 12.5. The topological polar surface area (TPSA) is 112 Å². The Morgan fingerprint density at radius 3 is 2.63 bits per heavy atom. The van der Waals surface area contributed by atoms with Crippen molar-refractivity contribution in [2.75, 3.05) is 29.9 Å². The number of aryl methyl sites for hydroxylation is 2. The van der Waals surface area contributed by atoms with Gasteiger partial charge in [0.15, 0.2) is 11.6 Å². The molecule has 2 aliphatic heterocycles. The summed E-state index contributed by atoms with van der Waals surface area (Å²) in [6.45, 7) is 13.8. The molecule has 2 atom stereocenters. The third-order valence-corrected chi connectivity index (χ3v) is 9.29. The number of rotatable bonds is 4. The molecule has 0 radical (unpaired) electrons. The zero-order valence-corrected chi connectivity index (χ0v) is 26.3. The van der Waals surface area contributed by atoms with E-state index >= 15 is 8.78 Å². The van der Waals surface area contributed by atoms with Gasteiger partial charge in [0.05, 0.1) is 45.8 Å². The van der Waals surface area contributed by atoms with E-state index in [1.807, 2.05) is 38.7 Å². The second-order valence-electron chi connectivity index (χ2n) is 12.5. The smallest absolute Gasteiger partial charge is 0.354 e. The van der Waals surface area contributed by atoms with E-state index < -0.39 is 17.3 Å². The Bertz CT molecular complexity index is 2150. The van der Waals surface area contributed by atoms with Crippen LogP contribution in [0.15, 0.2) is 48.0 Å². The maximum atomic E-state index is 17.6. The molecule has 2 aliphatic rings. The zero-order chi connectivity index (χ0) is 32.6. The van der Waals surface area contributed by atoms with Crippen LogP contribution in [0.25, 0.3) is 38.6 Å². The molecule has 7 rings (SSSR count). The molecule has 2 aromatic carbocycles. The predicted molar refractivity (Wildman–Crippen MR) is 175 cm³/mol. The minimum absolute atomic E-state index is 0.0406. The van der Waals surface area contributed by atoms with Crippen molar-refractivity contribution in [3.63, 3.8) is 0 Å². The molecule has 0 saturated carbocycles. The first kappa shape index (κ1) is 29.6. The lowest BCUT2D eigenvalue weighted by atomic mass is 9.93. The normalized spacial score (nSPS) is 17.7. The van der Waals surface area contributed by atoms with Crippen molar-refractivity contribution < 1.29 is 13.6 Å². The van der Waals surface area contributed by atoms with Crippen LogP contribution in [0.2, 0.25) is 0 Å². The lowest BCUT2D eigenvalue weighted by Gasteiger charge is -2.45. The van der Waals surface area contributed by atoms with E-state index in [2.05, 4.69) is 32.1 Å². The molecule has 0 bridgehead atoms. The highest BCUT2D eigenvalue weighted by atomic mass is 19.1. The lowest BCUT2D eigenvalue weighted by molar-refractivity contribution is -0.128. The molecule has 1 fully saturated rings. The summed E-state index contributed by atoms with van der Waals surface area (Å²) in [6, 6.07) is 4.70. The van der Waals surface area contributed by atoms with Crippen LogP contribution < -0.4 is 15.9 Å². The highest BCUT2D eigenvalue weighted by Gasteiger charge is 2.40.